The number of rotatable bonds is 9. The number of hydrogen-bond acceptors (Lipinski definition) is 6. The Morgan fingerprint density at radius 1 is 0.943 bits per heavy atom. The summed E-state index contributed by atoms with van der Waals surface area (Å²) in [4.78, 5) is 10.6. The van der Waals surface area contributed by atoms with Crippen molar-refractivity contribution in [2.75, 3.05) is 19.9 Å². The van der Waals surface area contributed by atoms with Gasteiger partial charge in [-0.05, 0) is 53.6 Å². The smallest absolute Gasteiger partial charge is 0.341 e. The lowest BCUT2D eigenvalue weighted by atomic mass is 10.0. The Balaban J connectivity index is 2.01. The van der Waals surface area contributed by atoms with E-state index < -0.39 is 49.0 Å². The van der Waals surface area contributed by atoms with Crippen molar-refractivity contribution in [3.8, 4) is 16.9 Å². The van der Waals surface area contributed by atoms with Gasteiger partial charge in [0.25, 0.3) is 0 Å². The van der Waals surface area contributed by atoms with Crippen LogP contribution in [-0.2, 0) is 31.2 Å². The fourth-order valence-corrected chi connectivity index (χ4v) is 5.06. The van der Waals surface area contributed by atoms with Crippen LogP contribution in [0, 0.1) is 11.6 Å². The Labute approximate surface area is 201 Å². The highest BCUT2D eigenvalue weighted by Crippen LogP contribution is 2.33. The highest BCUT2D eigenvalue weighted by Gasteiger charge is 2.23. The number of ether oxygens (including phenoxy) is 1. The zero-order valence-electron chi connectivity index (χ0n) is 18.6. The number of aliphatic carboxylic acids is 1. The molecule has 0 saturated carbocycles. The molecular weight excluding hydrogens is 504 g/mol. The average Bonchev–Trinajstić information content (AvgIpc) is 2.79. The van der Waals surface area contributed by atoms with Gasteiger partial charge in [-0.3, -0.25) is 0 Å². The topological polar surface area (TPSA) is 118 Å². The minimum Gasteiger partial charge on any atom is -0.481 e. The van der Waals surface area contributed by atoms with Crippen molar-refractivity contribution in [1.29, 1.82) is 0 Å². The summed E-state index contributed by atoms with van der Waals surface area (Å²) in [6.45, 7) is -0.832. The molecule has 0 aromatic heterocycles. The fourth-order valence-electron chi connectivity index (χ4n) is 3.22. The van der Waals surface area contributed by atoms with E-state index in [4.69, 9.17) is 9.84 Å². The van der Waals surface area contributed by atoms with Crippen LogP contribution in [0.1, 0.15) is 5.56 Å². The number of carbonyl (C=O) groups is 1. The minimum atomic E-state index is -4.17. The number of carboxylic acid groups (broad SMARTS) is 1. The number of nitrogens with zero attached hydrogens (tertiary/aromatic N) is 1. The van der Waals surface area contributed by atoms with Gasteiger partial charge in [-0.15, -0.1) is 0 Å². The molecule has 1 N–H and O–H groups in total. The number of sulfonamides is 1. The lowest BCUT2D eigenvalue weighted by molar-refractivity contribution is -0.139. The molecule has 35 heavy (non-hydrogen) atoms. The highest BCUT2D eigenvalue weighted by atomic mass is 32.2. The van der Waals surface area contributed by atoms with Gasteiger partial charge in [0.2, 0.25) is 10.0 Å². The number of halogens is 2. The molecule has 0 bridgehead atoms. The second-order valence-corrected chi connectivity index (χ2v) is 11.7. The second kappa shape index (κ2) is 10.1. The van der Waals surface area contributed by atoms with Crippen molar-refractivity contribution < 1.29 is 40.3 Å². The van der Waals surface area contributed by atoms with E-state index in [9.17, 15) is 30.4 Å². The maximum Gasteiger partial charge on any atom is 0.341 e. The molecule has 0 spiro atoms. The molecule has 186 valence electrons. The molecule has 0 saturated heterocycles. The summed E-state index contributed by atoms with van der Waals surface area (Å²) in [7, 11) is -6.45. The summed E-state index contributed by atoms with van der Waals surface area (Å²) in [5, 5.41) is 8.97. The standard InChI is InChI=1S/C23H21F2NO7S2/c1-26(35(31,32)18-7-8-20(24)21(25)12-18)13-15-6-9-22(33-14-23(27)28)19(10-15)16-4-3-5-17(11-16)34(2,29)30/h3-12H,13-14H2,1-2H3,(H,27,28). The number of benzene rings is 3. The molecule has 0 amide bonds. The van der Waals surface area contributed by atoms with Crippen molar-refractivity contribution in [3.63, 3.8) is 0 Å². The number of hydrogen-bond donors (Lipinski definition) is 1. The molecule has 0 radical (unpaired) electrons. The molecule has 3 aromatic carbocycles. The van der Waals surface area contributed by atoms with Gasteiger partial charge >= 0.3 is 5.97 Å². The molecule has 0 fully saturated rings. The van der Waals surface area contributed by atoms with E-state index in [1.165, 1.54) is 43.4 Å². The van der Waals surface area contributed by atoms with Crippen molar-refractivity contribution in [2.24, 2.45) is 0 Å². The van der Waals surface area contributed by atoms with Crippen molar-refractivity contribution in [3.05, 3.63) is 77.9 Å². The maximum absolute atomic E-state index is 13.6. The summed E-state index contributed by atoms with van der Waals surface area (Å²) >= 11 is 0. The first kappa shape index (κ1) is 26.3. The lowest BCUT2D eigenvalue weighted by Crippen LogP contribution is -2.26. The molecule has 0 aliphatic rings. The van der Waals surface area contributed by atoms with E-state index in [-0.39, 0.29) is 17.2 Å². The highest BCUT2D eigenvalue weighted by molar-refractivity contribution is 7.90. The van der Waals surface area contributed by atoms with Gasteiger partial charge in [0.05, 0.1) is 9.79 Å². The Morgan fingerprint density at radius 3 is 2.29 bits per heavy atom. The van der Waals surface area contributed by atoms with E-state index in [0.717, 1.165) is 22.7 Å². The van der Waals surface area contributed by atoms with Gasteiger partial charge in [-0.25, -0.2) is 30.4 Å². The molecule has 0 aliphatic heterocycles. The molecule has 8 nitrogen and oxygen atoms in total. The van der Waals surface area contributed by atoms with Gasteiger partial charge in [-0.2, -0.15) is 4.31 Å². The van der Waals surface area contributed by atoms with Gasteiger partial charge in [-0.1, -0.05) is 18.2 Å². The van der Waals surface area contributed by atoms with Crippen LogP contribution in [0.25, 0.3) is 11.1 Å². The van der Waals surface area contributed by atoms with E-state index in [2.05, 4.69) is 0 Å². The number of sulfone groups is 1. The Bertz CT molecular complexity index is 1490. The molecular formula is C23H21F2NO7S2. The second-order valence-electron chi connectivity index (χ2n) is 7.65. The molecule has 0 aliphatic carbocycles. The van der Waals surface area contributed by atoms with Crippen LogP contribution < -0.4 is 4.74 Å². The first-order valence-electron chi connectivity index (χ1n) is 9.98. The van der Waals surface area contributed by atoms with E-state index in [0.29, 0.717) is 22.8 Å². The summed E-state index contributed by atoms with van der Waals surface area (Å²) in [5.41, 5.74) is 1.19. The summed E-state index contributed by atoms with van der Waals surface area (Å²) in [6.07, 6.45) is 1.04. The average molecular weight is 526 g/mol. The first-order chi connectivity index (χ1) is 16.3. The number of carboxylic acids is 1. The summed E-state index contributed by atoms with van der Waals surface area (Å²) in [5.74, 6) is -3.55. The third-order valence-electron chi connectivity index (χ3n) is 4.97. The van der Waals surface area contributed by atoms with Crippen LogP contribution in [0.3, 0.4) is 0 Å². The first-order valence-corrected chi connectivity index (χ1v) is 13.3. The Hall–Kier alpha value is -3.35. The normalized spacial score (nSPS) is 12.0. The maximum atomic E-state index is 13.6. The molecule has 12 heteroatoms. The van der Waals surface area contributed by atoms with Crippen LogP contribution in [-0.4, -0.2) is 52.1 Å². The van der Waals surface area contributed by atoms with Crippen LogP contribution in [0.15, 0.2) is 70.5 Å². The van der Waals surface area contributed by atoms with Gasteiger partial charge in [0.1, 0.15) is 5.75 Å². The van der Waals surface area contributed by atoms with Gasteiger partial charge < -0.3 is 9.84 Å². The molecule has 0 atom stereocenters. The van der Waals surface area contributed by atoms with Crippen LogP contribution >= 0.6 is 0 Å². The fraction of sp³-hybridized carbons (Fsp3) is 0.174. The lowest BCUT2D eigenvalue weighted by Gasteiger charge is -2.19. The molecule has 0 heterocycles. The molecule has 3 aromatic rings. The van der Waals surface area contributed by atoms with Crippen molar-refractivity contribution >= 4 is 25.8 Å². The summed E-state index contributed by atoms with van der Waals surface area (Å²) < 4.78 is 82.7. The molecule has 0 unspecified atom stereocenters. The zero-order chi connectivity index (χ0) is 26.0. The third-order valence-corrected chi connectivity index (χ3v) is 7.88. The van der Waals surface area contributed by atoms with E-state index in [1.54, 1.807) is 6.07 Å². The van der Waals surface area contributed by atoms with Gasteiger partial charge in [0.15, 0.2) is 28.1 Å². The van der Waals surface area contributed by atoms with Crippen LogP contribution in [0.2, 0.25) is 0 Å². The zero-order valence-corrected chi connectivity index (χ0v) is 20.2. The summed E-state index contributed by atoms with van der Waals surface area (Å²) in [6, 6.07) is 12.7. The SMILES string of the molecule is CN(Cc1ccc(OCC(=O)O)c(-c2cccc(S(C)(=O)=O)c2)c1)S(=O)(=O)c1ccc(F)c(F)c1. The van der Waals surface area contributed by atoms with Crippen LogP contribution in [0.5, 0.6) is 5.75 Å². The monoisotopic (exact) mass is 525 g/mol. The Kier molecular flexibility index (Phi) is 7.58. The van der Waals surface area contributed by atoms with E-state index in [1.807, 2.05) is 0 Å². The predicted octanol–water partition coefficient (Wildman–Crippen LogP) is 3.32. The Morgan fingerprint density at radius 2 is 1.66 bits per heavy atom. The van der Waals surface area contributed by atoms with Crippen molar-refractivity contribution in [2.45, 2.75) is 16.3 Å². The largest absolute Gasteiger partial charge is 0.481 e. The third kappa shape index (κ3) is 6.21. The minimum absolute atomic E-state index is 0.0302. The van der Waals surface area contributed by atoms with E-state index >= 15 is 0 Å². The van der Waals surface area contributed by atoms with Crippen LogP contribution in [0.4, 0.5) is 8.78 Å². The quantitative estimate of drug-likeness (QED) is 0.455. The predicted molar refractivity (Wildman–Crippen MR) is 123 cm³/mol. The van der Waals surface area contributed by atoms with Gasteiger partial charge in [0, 0.05) is 25.4 Å². The molecule has 3 rings (SSSR count). The van der Waals surface area contributed by atoms with Crippen molar-refractivity contribution in [1.82, 2.24) is 4.31 Å².